The lowest BCUT2D eigenvalue weighted by atomic mass is 10.1. The second-order valence-corrected chi connectivity index (χ2v) is 6.15. The molecule has 1 N–H and O–H groups in total. The number of carbonyl (C=O) groups is 1. The van der Waals surface area contributed by atoms with Gasteiger partial charge in [0.1, 0.15) is 4.91 Å². The fraction of sp³-hybridized carbons (Fsp3) is 0.400. The molecule has 0 bridgehead atoms. The standard InChI is InChI=1S/C15H17NO2S/c1-18-15(17)14-12(16-11-7-8-11)9-13(19-14)10-5-3-2-4-6-10/h2-6,11,13,16H,7-9H2,1H3. The van der Waals surface area contributed by atoms with E-state index in [0.29, 0.717) is 11.3 Å². The number of esters is 1. The third-order valence-electron chi connectivity index (χ3n) is 3.42. The van der Waals surface area contributed by atoms with Gasteiger partial charge >= 0.3 is 5.97 Å². The predicted molar refractivity (Wildman–Crippen MR) is 76.6 cm³/mol. The molecule has 1 aromatic rings. The summed E-state index contributed by atoms with van der Waals surface area (Å²) in [7, 11) is 1.44. The molecule has 1 heterocycles. The highest BCUT2D eigenvalue weighted by atomic mass is 32.2. The van der Waals surface area contributed by atoms with E-state index in [-0.39, 0.29) is 5.97 Å². The molecule has 1 saturated carbocycles. The van der Waals surface area contributed by atoms with Crippen LogP contribution in [0.2, 0.25) is 0 Å². The van der Waals surface area contributed by atoms with Crippen LogP contribution in [0, 0.1) is 0 Å². The van der Waals surface area contributed by atoms with Gasteiger partial charge in [-0.15, -0.1) is 11.8 Å². The first-order valence-electron chi connectivity index (χ1n) is 6.57. The zero-order valence-electron chi connectivity index (χ0n) is 10.9. The van der Waals surface area contributed by atoms with Crippen molar-refractivity contribution < 1.29 is 9.53 Å². The van der Waals surface area contributed by atoms with Crippen molar-refractivity contribution in [1.29, 1.82) is 0 Å². The third-order valence-corrected chi connectivity index (χ3v) is 4.79. The highest BCUT2D eigenvalue weighted by molar-refractivity contribution is 8.04. The smallest absolute Gasteiger partial charge is 0.346 e. The quantitative estimate of drug-likeness (QED) is 0.857. The Morgan fingerprint density at radius 3 is 2.68 bits per heavy atom. The van der Waals surface area contributed by atoms with Crippen LogP contribution in [-0.2, 0) is 9.53 Å². The minimum absolute atomic E-state index is 0.216. The van der Waals surface area contributed by atoms with Gasteiger partial charge in [-0.05, 0) is 18.4 Å². The average molecular weight is 275 g/mol. The van der Waals surface area contributed by atoms with Crippen molar-refractivity contribution in [3.05, 3.63) is 46.5 Å². The first-order valence-corrected chi connectivity index (χ1v) is 7.45. The Kier molecular flexibility index (Phi) is 3.51. The van der Waals surface area contributed by atoms with Crippen LogP contribution >= 0.6 is 11.8 Å². The highest BCUT2D eigenvalue weighted by Gasteiger charge is 2.33. The fourth-order valence-corrected chi connectivity index (χ4v) is 3.54. The van der Waals surface area contributed by atoms with E-state index >= 15 is 0 Å². The molecule has 0 aromatic heterocycles. The van der Waals surface area contributed by atoms with Crippen molar-refractivity contribution in [2.75, 3.05) is 7.11 Å². The Morgan fingerprint density at radius 1 is 1.32 bits per heavy atom. The van der Waals surface area contributed by atoms with E-state index in [1.807, 2.05) is 18.2 Å². The maximum atomic E-state index is 11.9. The Morgan fingerprint density at radius 2 is 2.05 bits per heavy atom. The van der Waals surface area contributed by atoms with Gasteiger partial charge in [0, 0.05) is 23.4 Å². The van der Waals surface area contributed by atoms with E-state index in [0.717, 1.165) is 17.0 Å². The molecule has 1 atom stereocenters. The minimum atomic E-state index is -0.216. The first-order chi connectivity index (χ1) is 9.28. The Hall–Kier alpha value is -1.42. The van der Waals surface area contributed by atoms with Crippen molar-refractivity contribution in [3.8, 4) is 0 Å². The van der Waals surface area contributed by atoms with E-state index in [1.165, 1.54) is 25.5 Å². The first kappa shape index (κ1) is 12.6. The number of nitrogens with one attached hydrogen (secondary N) is 1. The van der Waals surface area contributed by atoms with Crippen molar-refractivity contribution >= 4 is 17.7 Å². The van der Waals surface area contributed by atoms with Gasteiger partial charge in [0.25, 0.3) is 0 Å². The molecule has 0 radical (unpaired) electrons. The van der Waals surface area contributed by atoms with E-state index in [2.05, 4.69) is 17.4 Å². The molecule has 1 aliphatic carbocycles. The molecule has 1 fully saturated rings. The second-order valence-electron chi connectivity index (χ2n) is 4.94. The van der Waals surface area contributed by atoms with Crippen molar-refractivity contribution in [2.45, 2.75) is 30.6 Å². The predicted octanol–water partition coefficient (Wildman–Crippen LogP) is 3.00. The molecule has 100 valence electrons. The van der Waals surface area contributed by atoms with Crippen LogP contribution in [0.25, 0.3) is 0 Å². The molecule has 0 saturated heterocycles. The monoisotopic (exact) mass is 275 g/mol. The van der Waals surface area contributed by atoms with Gasteiger partial charge < -0.3 is 10.1 Å². The topological polar surface area (TPSA) is 38.3 Å². The Bertz CT molecular complexity index is 508. The maximum Gasteiger partial charge on any atom is 0.346 e. The number of rotatable bonds is 4. The van der Waals surface area contributed by atoms with Crippen LogP contribution in [-0.4, -0.2) is 19.1 Å². The van der Waals surface area contributed by atoms with Gasteiger partial charge in [-0.3, -0.25) is 0 Å². The normalized spacial score (nSPS) is 22.5. The van der Waals surface area contributed by atoms with Crippen LogP contribution < -0.4 is 5.32 Å². The number of benzene rings is 1. The summed E-state index contributed by atoms with van der Waals surface area (Å²) in [6, 6.07) is 10.9. The molecular formula is C15H17NO2S. The summed E-state index contributed by atoms with van der Waals surface area (Å²) in [5.41, 5.74) is 2.33. The van der Waals surface area contributed by atoms with E-state index in [4.69, 9.17) is 4.74 Å². The van der Waals surface area contributed by atoms with Gasteiger partial charge in [0.15, 0.2) is 0 Å². The lowest BCUT2D eigenvalue weighted by Crippen LogP contribution is -2.18. The van der Waals surface area contributed by atoms with Gasteiger partial charge in [-0.1, -0.05) is 30.3 Å². The van der Waals surface area contributed by atoms with Crippen LogP contribution in [0.3, 0.4) is 0 Å². The number of hydrogen-bond donors (Lipinski definition) is 1. The highest BCUT2D eigenvalue weighted by Crippen LogP contribution is 2.47. The molecule has 1 aromatic carbocycles. The summed E-state index contributed by atoms with van der Waals surface area (Å²) < 4.78 is 4.89. The summed E-state index contributed by atoms with van der Waals surface area (Å²) in [6.07, 6.45) is 3.30. The molecule has 1 unspecified atom stereocenters. The second kappa shape index (κ2) is 5.29. The zero-order chi connectivity index (χ0) is 13.2. The third kappa shape index (κ3) is 2.78. The van der Waals surface area contributed by atoms with Crippen molar-refractivity contribution in [3.63, 3.8) is 0 Å². The Balaban J connectivity index is 1.79. The molecule has 0 spiro atoms. The average Bonchev–Trinajstić information content (AvgIpc) is 3.16. The summed E-state index contributed by atoms with van der Waals surface area (Å²) in [6.45, 7) is 0. The van der Waals surface area contributed by atoms with Crippen molar-refractivity contribution in [2.24, 2.45) is 0 Å². The SMILES string of the molecule is COC(=O)C1=C(NC2CC2)CC(c2ccccc2)S1. The number of allylic oxidation sites excluding steroid dienone is 1. The molecule has 3 rings (SSSR count). The van der Waals surface area contributed by atoms with E-state index in [1.54, 1.807) is 11.8 Å². The summed E-state index contributed by atoms with van der Waals surface area (Å²) in [5, 5.41) is 3.79. The number of carbonyl (C=O) groups excluding carboxylic acids is 1. The lowest BCUT2D eigenvalue weighted by Gasteiger charge is -2.10. The summed E-state index contributed by atoms with van der Waals surface area (Å²) in [5.74, 6) is -0.216. The Labute approximate surface area is 117 Å². The molecule has 19 heavy (non-hydrogen) atoms. The van der Waals surface area contributed by atoms with Crippen LogP contribution in [0.4, 0.5) is 0 Å². The van der Waals surface area contributed by atoms with E-state index < -0.39 is 0 Å². The van der Waals surface area contributed by atoms with Crippen LogP contribution in [0.15, 0.2) is 40.9 Å². The summed E-state index contributed by atoms with van der Waals surface area (Å²) >= 11 is 1.62. The molecule has 2 aliphatic rings. The lowest BCUT2D eigenvalue weighted by molar-refractivity contribution is -0.135. The van der Waals surface area contributed by atoms with Crippen LogP contribution in [0.5, 0.6) is 0 Å². The molecule has 1 aliphatic heterocycles. The number of ether oxygens (including phenoxy) is 1. The van der Waals surface area contributed by atoms with Gasteiger partial charge in [-0.2, -0.15) is 0 Å². The molecular weight excluding hydrogens is 258 g/mol. The molecule has 3 nitrogen and oxygen atoms in total. The maximum absolute atomic E-state index is 11.9. The molecule has 0 amide bonds. The summed E-state index contributed by atoms with van der Waals surface area (Å²) in [4.78, 5) is 12.6. The van der Waals surface area contributed by atoms with Gasteiger partial charge in [-0.25, -0.2) is 4.79 Å². The number of methoxy groups -OCH3 is 1. The van der Waals surface area contributed by atoms with Gasteiger partial charge in [0.05, 0.1) is 7.11 Å². The van der Waals surface area contributed by atoms with E-state index in [9.17, 15) is 4.79 Å². The number of hydrogen-bond acceptors (Lipinski definition) is 4. The van der Waals surface area contributed by atoms with Crippen molar-refractivity contribution in [1.82, 2.24) is 5.32 Å². The molecule has 4 heteroatoms. The number of thioether (sulfide) groups is 1. The minimum Gasteiger partial charge on any atom is -0.465 e. The van der Waals surface area contributed by atoms with Gasteiger partial charge in [0.2, 0.25) is 0 Å². The zero-order valence-corrected chi connectivity index (χ0v) is 11.7. The van der Waals surface area contributed by atoms with Crippen LogP contribution in [0.1, 0.15) is 30.1 Å². The largest absolute Gasteiger partial charge is 0.465 e. The fourth-order valence-electron chi connectivity index (χ4n) is 2.25.